The standard InChI is InChI=1S/C9H12BrN2OSe/c1-9(2,13)7-6(10)8-11(3)4-5-12(8)14-7/h4-5,13H,1-3H3/q+1. The van der Waals surface area contributed by atoms with Crippen LogP contribution in [-0.2, 0) is 12.6 Å². The molecular formula is C9H12BrN2OSe+. The first-order valence-corrected chi connectivity index (χ1v) is 6.71. The Bertz CT molecular complexity index is 481. The second-order valence-electron chi connectivity index (χ2n) is 3.85. The Hall–Kier alpha value is -0.0905. The number of aromatic nitrogens is 2. The van der Waals surface area contributed by atoms with Gasteiger partial charge < -0.3 is 0 Å². The van der Waals surface area contributed by atoms with Crippen LogP contribution in [0, 0.1) is 0 Å². The zero-order valence-electron chi connectivity index (χ0n) is 8.28. The number of imidazole rings is 1. The fraction of sp³-hybridized carbons (Fsp3) is 0.444. The maximum absolute atomic E-state index is 9.97. The summed E-state index contributed by atoms with van der Waals surface area (Å²) in [4.78, 5) is 0. The number of hydrogen-bond donors (Lipinski definition) is 1. The molecule has 2 aromatic heterocycles. The summed E-state index contributed by atoms with van der Waals surface area (Å²) in [6.07, 6.45) is 4.08. The molecule has 2 aromatic rings. The van der Waals surface area contributed by atoms with Gasteiger partial charge in [0, 0.05) is 0 Å². The van der Waals surface area contributed by atoms with Crippen LogP contribution in [0.15, 0.2) is 16.9 Å². The number of nitrogens with zero attached hydrogens (tertiary/aromatic N) is 2. The van der Waals surface area contributed by atoms with E-state index in [-0.39, 0.29) is 14.7 Å². The summed E-state index contributed by atoms with van der Waals surface area (Å²) >= 11 is 3.74. The van der Waals surface area contributed by atoms with Crippen molar-refractivity contribution >= 4 is 36.3 Å². The fourth-order valence-corrected chi connectivity index (χ4v) is 5.12. The maximum atomic E-state index is 9.97. The Morgan fingerprint density at radius 2 is 2.21 bits per heavy atom. The summed E-state index contributed by atoms with van der Waals surface area (Å²) in [5.41, 5.74) is 0.410. The average Bonchev–Trinajstić information content (AvgIpc) is 2.53. The van der Waals surface area contributed by atoms with E-state index in [9.17, 15) is 5.11 Å². The van der Waals surface area contributed by atoms with Gasteiger partial charge in [0.2, 0.25) is 0 Å². The van der Waals surface area contributed by atoms with Crippen molar-refractivity contribution < 1.29 is 9.67 Å². The number of aliphatic hydroxyl groups is 1. The van der Waals surface area contributed by atoms with Crippen molar-refractivity contribution in [2.45, 2.75) is 19.4 Å². The molecule has 0 bridgehead atoms. The van der Waals surface area contributed by atoms with Crippen molar-refractivity contribution in [2.75, 3.05) is 0 Å². The molecule has 0 fully saturated rings. The van der Waals surface area contributed by atoms with Crippen molar-refractivity contribution in [1.82, 2.24) is 3.40 Å². The molecular weight excluding hydrogens is 311 g/mol. The molecule has 0 saturated carbocycles. The molecule has 1 N–H and O–H groups in total. The average molecular weight is 323 g/mol. The van der Waals surface area contributed by atoms with Gasteiger partial charge in [0.15, 0.2) is 0 Å². The monoisotopic (exact) mass is 323 g/mol. The molecule has 0 spiro atoms. The van der Waals surface area contributed by atoms with Crippen LogP contribution in [0.4, 0.5) is 0 Å². The summed E-state index contributed by atoms with van der Waals surface area (Å²) < 4.78 is 6.38. The van der Waals surface area contributed by atoms with Gasteiger partial charge in [0.25, 0.3) is 0 Å². The van der Waals surface area contributed by atoms with Crippen LogP contribution in [0.25, 0.3) is 5.65 Å². The Morgan fingerprint density at radius 1 is 1.57 bits per heavy atom. The van der Waals surface area contributed by atoms with E-state index in [0.29, 0.717) is 0 Å². The van der Waals surface area contributed by atoms with E-state index < -0.39 is 5.60 Å². The first-order chi connectivity index (χ1) is 6.41. The minimum absolute atomic E-state index is 0.174. The van der Waals surface area contributed by atoms with Gasteiger partial charge in [-0.05, 0) is 0 Å². The summed E-state index contributed by atoms with van der Waals surface area (Å²) in [5.74, 6) is 0. The van der Waals surface area contributed by atoms with Crippen LogP contribution in [0.5, 0.6) is 0 Å². The van der Waals surface area contributed by atoms with Gasteiger partial charge in [0.1, 0.15) is 0 Å². The molecule has 14 heavy (non-hydrogen) atoms. The van der Waals surface area contributed by atoms with Gasteiger partial charge in [-0.3, -0.25) is 0 Å². The fourth-order valence-electron chi connectivity index (χ4n) is 1.40. The molecule has 0 saturated heterocycles. The zero-order valence-corrected chi connectivity index (χ0v) is 11.6. The van der Waals surface area contributed by atoms with Crippen molar-refractivity contribution in [1.29, 1.82) is 0 Å². The van der Waals surface area contributed by atoms with E-state index >= 15 is 0 Å². The Labute approximate surface area is 97.1 Å². The van der Waals surface area contributed by atoms with Crippen LogP contribution in [0.3, 0.4) is 0 Å². The minimum atomic E-state index is -0.731. The molecule has 5 heteroatoms. The van der Waals surface area contributed by atoms with Gasteiger partial charge >= 0.3 is 97.2 Å². The second-order valence-corrected chi connectivity index (χ2v) is 6.71. The van der Waals surface area contributed by atoms with E-state index in [4.69, 9.17) is 0 Å². The third-order valence-electron chi connectivity index (χ3n) is 2.11. The molecule has 0 radical (unpaired) electrons. The zero-order chi connectivity index (χ0) is 10.5. The summed E-state index contributed by atoms with van der Waals surface area (Å²) in [6, 6.07) is 0. The van der Waals surface area contributed by atoms with E-state index in [1.165, 1.54) is 0 Å². The molecule has 0 aliphatic rings. The molecule has 2 rings (SSSR count). The van der Waals surface area contributed by atoms with Crippen LogP contribution in [-0.4, -0.2) is 23.2 Å². The number of fused-ring (bicyclic) bond motifs is 1. The number of hydrogen-bond acceptors (Lipinski definition) is 1. The van der Waals surface area contributed by atoms with Gasteiger partial charge in [0.05, 0.1) is 0 Å². The molecule has 0 aliphatic heterocycles. The summed E-state index contributed by atoms with van der Waals surface area (Å²) in [5, 5.41) is 9.97. The first kappa shape index (κ1) is 10.4. The predicted molar refractivity (Wildman–Crippen MR) is 58.5 cm³/mol. The van der Waals surface area contributed by atoms with Crippen LogP contribution in [0.2, 0.25) is 0 Å². The SMILES string of the molecule is C[n+]1ccn2[se]c(C(C)(C)O)c(Br)c21. The van der Waals surface area contributed by atoms with E-state index in [0.717, 1.165) is 14.6 Å². The van der Waals surface area contributed by atoms with Crippen LogP contribution >= 0.6 is 15.9 Å². The molecule has 0 aliphatic carbocycles. The summed E-state index contributed by atoms with van der Waals surface area (Å²) in [7, 11) is 2.01. The molecule has 3 nitrogen and oxygen atoms in total. The van der Waals surface area contributed by atoms with Crippen molar-refractivity contribution in [3.8, 4) is 0 Å². The Morgan fingerprint density at radius 3 is 2.71 bits per heavy atom. The Kier molecular flexibility index (Phi) is 2.39. The van der Waals surface area contributed by atoms with Crippen LogP contribution in [0.1, 0.15) is 18.3 Å². The third-order valence-corrected chi connectivity index (χ3v) is 6.34. The Balaban J connectivity index is 2.76. The van der Waals surface area contributed by atoms with Crippen molar-refractivity contribution in [3.63, 3.8) is 0 Å². The topological polar surface area (TPSA) is 28.5 Å². The second kappa shape index (κ2) is 3.20. The van der Waals surface area contributed by atoms with Gasteiger partial charge in [-0.2, -0.15) is 0 Å². The number of halogens is 1. The van der Waals surface area contributed by atoms with E-state index in [1.807, 2.05) is 27.1 Å². The van der Waals surface area contributed by atoms with Gasteiger partial charge in [-0.1, -0.05) is 0 Å². The molecule has 2 heterocycles. The van der Waals surface area contributed by atoms with Gasteiger partial charge in [-0.25, -0.2) is 0 Å². The van der Waals surface area contributed by atoms with Crippen molar-refractivity contribution in [2.24, 2.45) is 7.05 Å². The number of rotatable bonds is 1. The van der Waals surface area contributed by atoms with E-state index in [1.54, 1.807) is 0 Å². The third kappa shape index (κ3) is 1.48. The molecule has 76 valence electrons. The van der Waals surface area contributed by atoms with Crippen molar-refractivity contribution in [3.05, 3.63) is 21.3 Å². The molecule has 0 aromatic carbocycles. The first-order valence-electron chi connectivity index (χ1n) is 4.29. The summed E-state index contributed by atoms with van der Waals surface area (Å²) in [6.45, 7) is 3.66. The molecule has 0 amide bonds. The quantitative estimate of drug-likeness (QED) is 0.611. The van der Waals surface area contributed by atoms with Crippen LogP contribution < -0.4 is 4.57 Å². The van der Waals surface area contributed by atoms with Gasteiger partial charge in [-0.15, -0.1) is 0 Å². The van der Waals surface area contributed by atoms with E-state index in [2.05, 4.69) is 30.1 Å². The normalized spacial score (nSPS) is 12.6. The molecule has 0 atom stereocenters. The predicted octanol–water partition coefficient (Wildman–Crippen LogP) is 0.811. The molecule has 0 unspecified atom stereocenters. The number of aryl methyl sites for hydroxylation is 1.